The van der Waals surface area contributed by atoms with Crippen molar-refractivity contribution in [2.75, 3.05) is 5.32 Å². The molecule has 5 nitrogen and oxygen atoms in total. The summed E-state index contributed by atoms with van der Waals surface area (Å²) in [5, 5.41) is 2.50. The van der Waals surface area contributed by atoms with Crippen LogP contribution < -0.4 is 5.32 Å². The lowest BCUT2D eigenvalue weighted by Crippen LogP contribution is -2.14. The second kappa shape index (κ2) is 6.85. The predicted molar refractivity (Wildman–Crippen MR) is 79.5 cm³/mol. The molecule has 1 amide bonds. The molecule has 0 aliphatic heterocycles. The van der Waals surface area contributed by atoms with Gasteiger partial charge in [-0.15, -0.1) is 0 Å². The first kappa shape index (κ1) is 15.0. The molecule has 108 valence electrons. The molecule has 1 aromatic heterocycles. The summed E-state index contributed by atoms with van der Waals surface area (Å²) in [6.45, 7) is 1.55. The van der Waals surface area contributed by atoms with Gasteiger partial charge in [0.2, 0.25) is 0 Å². The normalized spacial score (nSPS) is 10.0. The summed E-state index contributed by atoms with van der Waals surface area (Å²) in [5.41, 5.74) is 1.19. The number of ether oxygens (including phenoxy) is 1. The SMILES string of the molecule is CC(=O)c1ccc(NC(=O)OCc2ccccc2)nc1Cl. The van der Waals surface area contributed by atoms with Crippen LogP contribution in [0.5, 0.6) is 0 Å². The zero-order valence-corrected chi connectivity index (χ0v) is 12.1. The van der Waals surface area contributed by atoms with Gasteiger partial charge < -0.3 is 4.74 Å². The Morgan fingerprint density at radius 1 is 1.19 bits per heavy atom. The number of hydrogen-bond donors (Lipinski definition) is 1. The third kappa shape index (κ3) is 4.29. The van der Waals surface area contributed by atoms with Gasteiger partial charge in [-0.25, -0.2) is 9.78 Å². The van der Waals surface area contributed by atoms with E-state index in [4.69, 9.17) is 16.3 Å². The first-order valence-corrected chi connectivity index (χ1v) is 6.59. The van der Waals surface area contributed by atoms with Crippen LogP contribution in [-0.4, -0.2) is 16.9 Å². The van der Waals surface area contributed by atoms with E-state index in [1.54, 1.807) is 0 Å². The standard InChI is InChI=1S/C15H13ClN2O3/c1-10(19)12-7-8-13(17-14(12)16)18-15(20)21-9-11-5-3-2-4-6-11/h2-8H,9H2,1H3,(H,17,18,20). The molecule has 1 aromatic carbocycles. The molecule has 1 N–H and O–H groups in total. The van der Waals surface area contributed by atoms with Gasteiger partial charge in [0.1, 0.15) is 17.6 Å². The molecule has 0 saturated heterocycles. The van der Waals surface area contributed by atoms with Crippen LogP contribution in [0, 0.1) is 0 Å². The number of nitrogens with zero attached hydrogens (tertiary/aromatic N) is 1. The molecule has 0 aliphatic rings. The molecule has 2 aromatic rings. The van der Waals surface area contributed by atoms with E-state index >= 15 is 0 Å². The second-order valence-corrected chi connectivity index (χ2v) is 4.64. The van der Waals surface area contributed by atoms with Crippen molar-refractivity contribution < 1.29 is 14.3 Å². The third-order valence-corrected chi connectivity index (χ3v) is 2.96. The molecule has 0 unspecified atom stereocenters. The minimum Gasteiger partial charge on any atom is -0.444 e. The Morgan fingerprint density at radius 2 is 1.90 bits per heavy atom. The molecule has 0 atom stereocenters. The van der Waals surface area contributed by atoms with Crippen molar-refractivity contribution in [3.05, 3.63) is 58.7 Å². The number of aromatic nitrogens is 1. The van der Waals surface area contributed by atoms with E-state index in [0.717, 1.165) is 5.56 Å². The monoisotopic (exact) mass is 304 g/mol. The summed E-state index contributed by atoms with van der Waals surface area (Å²) >= 11 is 5.86. The molecule has 21 heavy (non-hydrogen) atoms. The van der Waals surface area contributed by atoms with E-state index in [1.807, 2.05) is 30.3 Å². The van der Waals surface area contributed by atoms with E-state index < -0.39 is 6.09 Å². The summed E-state index contributed by atoms with van der Waals surface area (Å²) in [5.74, 6) is 0.0359. The zero-order chi connectivity index (χ0) is 15.2. The highest BCUT2D eigenvalue weighted by Crippen LogP contribution is 2.17. The Morgan fingerprint density at radius 3 is 2.52 bits per heavy atom. The average molecular weight is 305 g/mol. The van der Waals surface area contributed by atoms with Crippen LogP contribution in [0.4, 0.5) is 10.6 Å². The van der Waals surface area contributed by atoms with E-state index in [0.29, 0.717) is 5.56 Å². The topological polar surface area (TPSA) is 68.3 Å². The maximum Gasteiger partial charge on any atom is 0.413 e. The number of Topliss-reactive ketones (excluding diaryl/α,β-unsaturated/α-hetero) is 1. The summed E-state index contributed by atoms with van der Waals surface area (Å²) in [6, 6.07) is 12.3. The summed E-state index contributed by atoms with van der Waals surface area (Å²) in [6.07, 6.45) is -0.641. The minimum absolute atomic E-state index is 0.0448. The Labute approximate surface area is 126 Å². The van der Waals surface area contributed by atoms with Gasteiger partial charge in [0, 0.05) is 0 Å². The Bertz CT molecular complexity index is 659. The highest BCUT2D eigenvalue weighted by Gasteiger charge is 2.10. The zero-order valence-electron chi connectivity index (χ0n) is 11.3. The van der Waals surface area contributed by atoms with Crippen LogP contribution in [0.3, 0.4) is 0 Å². The summed E-state index contributed by atoms with van der Waals surface area (Å²) < 4.78 is 5.05. The van der Waals surface area contributed by atoms with E-state index in [1.165, 1.54) is 19.1 Å². The van der Waals surface area contributed by atoms with Crippen molar-refractivity contribution in [2.45, 2.75) is 13.5 Å². The maximum atomic E-state index is 11.6. The largest absolute Gasteiger partial charge is 0.444 e. The Balaban J connectivity index is 1.94. The minimum atomic E-state index is -0.641. The van der Waals surface area contributed by atoms with E-state index in [-0.39, 0.29) is 23.4 Å². The van der Waals surface area contributed by atoms with Crippen molar-refractivity contribution in [2.24, 2.45) is 0 Å². The number of benzene rings is 1. The number of pyridine rings is 1. The van der Waals surface area contributed by atoms with Gasteiger partial charge in [-0.1, -0.05) is 41.9 Å². The second-order valence-electron chi connectivity index (χ2n) is 4.28. The number of halogens is 1. The molecular weight excluding hydrogens is 292 g/mol. The number of hydrogen-bond acceptors (Lipinski definition) is 4. The highest BCUT2D eigenvalue weighted by molar-refractivity contribution is 6.32. The predicted octanol–water partition coefficient (Wildman–Crippen LogP) is 3.69. The lowest BCUT2D eigenvalue weighted by molar-refractivity contribution is 0.101. The van der Waals surface area contributed by atoms with Gasteiger partial charge in [0.05, 0.1) is 5.56 Å². The van der Waals surface area contributed by atoms with Gasteiger partial charge in [-0.3, -0.25) is 10.1 Å². The number of anilines is 1. The van der Waals surface area contributed by atoms with Crippen LogP contribution in [0.15, 0.2) is 42.5 Å². The van der Waals surface area contributed by atoms with Crippen molar-refractivity contribution in [1.82, 2.24) is 4.98 Å². The highest BCUT2D eigenvalue weighted by atomic mass is 35.5. The van der Waals surface area contributed by atoms with Crippen molar-refractivity contribution in [3.8, 4) is 0 Å². The van der Waals surface area contributed by atoms with Gasteiger partial charge in [-0.2, -0.15) is 0 Å². The summed E-state index contributed by atoms with van der Waals surface area (Å²) in [7, 11) is 0. The number of amides is 1. The fourth-order valence-electron chi connectivity index (χ4n) is 1.63. The van der Waals surface area contributed by atoms with Gasteiger partial charge in [0.25, 0.3) is 0 Å². The molecule has 6 heteroatoms. The van der Waals surface area contributed by atoms with E-state index in [9.17, 15) is 9.59 Å². The molecule has 0 radical (unpaired) electrons. The molecular formula is C15H13ClN2O3. The number of nitrogens with one attached hydrogen (secondary N) is 1. The fraction of sp³-hybridized carbons (Fsp3) is 0.133. The maximum absolute atomic E-state index is 11.6. The van der Waals surface area contributed by atoms with Crippen LogP contribution >= 0.6 is 11.6 Å². The first-order chi connectivity index (χ1) is 10.1. The number of carbonyl (C=O) groups excluding carboxylic acids is 2. The lowest BCUT2D eigenvalue weighted by Gasteiger charge is -2.07. The molecule has 0 spiro atoms. The molecule has 1 heterocycles. The fourth-order valence-corrected chi connectivity index (χ4v) is 1.92. The Hall–Kier alpha value is -2.40. The smallest absolute Gasteiger partial charge is 0.413 e. The number of ketones is 1. The van der Waals surface area contributed by atoms with Gasteiger partial charge in [-0.05, 0) is 24.6 Å². The number of carbonyl (C=O) groups is 2. The van der Waals surface area contributed by atoms with Crippen LogP contribution in [-0.2, 0) is 11.3 Å². The third-order valence-electron chi connectivity index (χ3n) is 2.67. The molecule has 2 rings (SSSR count). The van der Waals surface area contributed by atoms with Gasteiger partial charge in [0.15, 0.2) is 5.78 Å². The van der Waals surface area contributed by atoms with E-state index in [2.05, 4.69) is 10.3 Å². The van der Waals surface area contributed by atoms with Crippen LogP contribution in [0.25, 0.3) is 0 Å². The van der Waals surface area contributed by atoms with Crippen LogP contribution in [0.1, 0.15) is 22.8 Å². The molecule has 0 aliphatic carbocycles. The number of rotatable bonds is 4. The average Bonchev–Trinajstić information content (AvgIpc) is 2.46. The molecule has 0 saturated carbocycles. The first-order valence-electron chi connectivity index (χ1n) is 6.21. The molecule has 0 fully saturated rings. The summed E-state index contributed by atoms with van der Waals surface area (Å²) in [4.78, 5) is 26.8. The molecule has 0 bridgehead atoms. The van der Waals surface area contributed by atoms with Crippen molar-refractivity contribution in [1.29, 1.82) is 0 Å². The quantitative estimate of drug-likeness (QED) is 0.691. The van der Waals surface area contributed by atoms with Crippen molar-refractivity contribution in [3.63, 3.8) is 0 Å². The van der Waals surface area contributed by atoms with Crippen LogP contribution in [0.2, 0.25) is 5.15 Å². The van der Waals surface area contributed by atoms with Crippen molar-refractivity contribution >= 4 is 29.3 Å². The lowest BCUT2D eigenvalue weighted by atomic mass is 10.2. The van der Waals surface area contributed by atoms with Gasteiger partial charge >= 0.3 is 6.09 Å². The Kier molecular flexibility index (Phi) is 4.90.